The number of fused-ring (bicyclic) bond motifs is 2. The fourth-order valence-electron chi connectivity index (χ4n) is 4.28. The van der Waals surface area contributed by atoms with Gasteiger partial charge in [0, 0.05) is 10.3 Å². The van der Waals surface area contributed by atoms with Gasteiger partial charge in [0.2, 0.25) is 0 Å². The second kappa shape index (κ2) is 9.21. The van der Waals surface area contributed by atoms with Crippen LogP contribution in [0.3, 0.4) is 0 Å². The topological polar surface area (TPSA) is 72.2 Å². The molecule has 2 heterocycles. The number of esters is 1. The second-order valence-corrected chi connectivity index (χ2v) is 9.31. The van der Waals surface area contributed by atoms with E-state index >= 15 is 0 Å². The molecular formula is C29H22N2O3S. The Morgan fingerprint density at radius 2 is 1.83 bits per heavy atom. The van der Waals surface area contributed by atoms with Crippen molar-refractivity contribution in [3.63, 3.8) is 0 Å². The first-order valence-corrected chi connectivity index (χ1v) is 12.0. The van der Waals surface area contributed by atoms with E-state index in [-0.39, 0.29) is 6.61 Å². The van der Waals surface area contributed by atoms with Gasteiger partial charge in [0.15, 0.2) is 0 Å². The van der Waals surface area contributed by atoms with Crippen molar-refractivity contribution in [2.24, 2.45) is 0 Å². The number of nitrogens with zero attached hydrogens (tertiary/aromatic N) is 2. The van der Waals surface area contributed by atoms with E-state index in [1.165, 1.54) is 17.2 Å². The highest BCUT2D eigenvalue weighted by atomic mass is 32.1. The summed E-state index contributed by atoms with van der Waals surface area (Å²) in [7, 11) is 1.37. The lowest BCUT2D eigenvalue weighted by molar-refractivity contribution is 0.0602. The van der Waals surface area contributed by atoms with Gasteiger partial charge < -0.3 is 9.47 Å². The molecule has 0 saturated heterocycles. The van der Waals surface area contributed by atoms with Crippen molar-refractivity contribution in [2.45, 2.75) is 20.5 Å². The molecule has 35 heavy (non-hydrogen) atoms. The third kappa shape index (κ3) is 4.01. The summed E-state index contributed by atoms with van der Waals surface area (Å²) in [5.41, 5.74) is 5.20. The standard InChI is InChI=1S/C29H22N2O3S/c1-17-12-13-24(34-16-20-9-5-4-8-19(20)15-30)26-22(29(32)33-3)14-23(31-27(17)26)28-18(2)21-10-6-7-11-25(21)35-28/h4-14H,16H2,1-3H3. The molecule has 0 aliphatic rings. The number of aromatic nitrogens is 1. The van der Waals surface area contributed by atoms with Crippen LogP contribution in [0.5, 0.6) is 5.75 Å². The molecule has 0 aliphatic carbocycles. The van der Waals surface area contributed by atoms with Gasteiger partial charge in [-0.15, -0.1) is 11.3 Å². The molecule has 0 unspecified atom stereocenters. The van der Waals surface area contributed by atoms with Crippen molar-refractivity contribution in [3.05, 3.63) is 94.5 Å². The molecular weight excluding hydrogens is 456 g/mol. The molecule has 5 aromatic rings. The van der Waals surface area contributed by atoms with Crippen LogP contribution in [0.25, 0.3) is 31.6 Å². The highest BCUT2D eigenvalue weighted by Gasteiger charge is 2.21. The molecule has 6 heteroatoms. The number of hydrogen-bond donors (Lipinski definition) is 0. The van der Waals surface area contributed by atoms with Gasteiger partial charge in [0.25, 0.3) is 0 Å². The highest BCUT2D eigenvalue weighted by Crippen LogP contribution is 2.40. The Bertz CT molecular complexity index is 1650. The Kier molecular flexibility index (Phi) is 5.94. The molecule has 5 nitrogen and oxygen atoms in total. The van der Waals surface area contributed by atoms with Gasteiger partial charge in [-0.3, -0.25) is 0 Å². The number of methoxy groups -OCH3 is 1. The summed E-state index contributed by atoms with van der Waals surface area (Å²) >= 11 is 1.66. The molecule has 5 rings (SSSR count). The molecule has 0 bridgehead atoms. The minimum Gasteiger partial charge on any atom is -0.488 e. The molecule has 0 N–H and O–H groups in total. The third-order valence-corrected chi connectivity index (χ3v) is 7.42. The Labute approximate surface area is 207 Å². The molecule has 172 valence electrons. The smallest absolute Gasteiger partial charge is 0.338 e. The average Bonchev–Trinajstić information content (AvgIpc) is 3.24. The van der Waals surface area contributed by atoms with Gasteiger partial charge in [-0.05, 0) is 54.6 Å². The van der Waals surface area contributed by atoms with E-state index in [2.05, 4.69) is 25.1 Å². The monoisotopic (exact) mass is 478 g/mol. The molecule has 0 saturated carbocycles. The molecule has 2 aromatic heterocycles. The van der Waals surface area contributed by atoms with E-state index < -0.39 is 5.97 Å². The Hall–Kier alpha value is -4.21. The maximum atomic E-state index is 13.0. The van der Waals surface area contributed by atoms with Crippen LogP contribution in [0.2, 0.25) is 0 Å². The first-order chi connectivity index (χ1) is 17.0. The summed E-state index contributed by atoms with van der Waals surface area (Å²) in [6.07, 6.45) is 0. The SMILES string of the molecule is COC(=O)c1cc(-c2sc3ccccc3c2C)nc2c(C)ccc(OCc3ccccc3C#N)c12. The predicted octanol–water partition coefficient (Wildman–Crippen LogP) is 6.97. The van der Waals surface area contributed by atoms with E-state index in [9.17, 15) is 10.1 Å². The van der Waals surface area contributed by atoms with Crippen LogP contribution in [-0.4, -0.2) is 18.1 Å². The summed E-state index contributed by atoms with van der Waals surface area (Å²) in [5.74, 6) is 0.0659. The van der Waals surface area contributed by atoms with Crippen LogP contribution < -0.4 is 4.74 Å². The number of carbonyl (C=O) groups excluding carboxylic acids is 1. The minimum atomic E-state index is -0.453. The zero-order valence-corrected chi connectivity index (χ0v) is 20.4. The van der Waals surface area contributed by atoms with Gasteiger partial charge >= 0.3 is 5.97 Å². The number of rotatable bonds is 5. The molecule has 0 amide bonds. The number of carbonyl (C=O) groups is 1. The van der Waals surface area contributed by atoms with Crippen LogP contribution in [0.1, 0.15) is 32.6 Å². The Morgan fingerprint density at radius 3 is 2.60 bits per heavy atom. The average molecular weight is 479 g/mol. The first kappa shape index (κ1) is 22.6. The molecule has 3 aromatic carbocycles. The number of hydrogen-bond acceptors (Lipinski definition) is 6. The second-order valence-electron chi connectivity index (χ2n) is 8.26. The maximum Gasteiger partial charge on any atom is 0.338 e. The van der Waals surface area contributed by atoms with Gasteiger partial charge in [0.1, 0.15) is 12.4 Å². The number of pyridine rings is 1. The normalized spacial score (nSPS) is 10.9. The van der Waals surface area contributed by atoms with Crippen LogP contribution in [0.15, 0.2) is 66.7 Å². The van der Waals surface area contributed by atoms with Gasteiger partial charge in [-0.2, -0.15) is 5.26 Å². The summed E-state index contributed by atoms with van der Waals surface area (Å²) < 4.78 is 12.5. The largest absolute Gasteiger partial charge is 0.488 e. The minimum absolute atomic E-state index is 0.194. The summed E-state index contributed by atoms with van der Waals surface area (Å²) in [5, 5.41) is 11.2. The predicted molar refractivity (Wildman–Crippen MR) is 139 cm³/mol. The third-order valence-electron chi connectivity index (χ3n) is 6.13. The van der Waals surface area contributed by atoms with Crippen molar-refractivity contribution < 1.29 is 14.3 Å². The van der Waals surface area contributed by atoms with E-state index in [4.69, 9.17) is 14.5 Å². The fraction of sp³-hybridized carbons (Fsp3) is 0.138. The molecule has 0 radical (unpaired) electrons. The highest BCUT2D eigenvalue weighted by molar-refractivity contribution is 7.22. The first-order valence-electron chi connectivity index (χ1n) is 11.1. The molecule has 0 aliphatic heterocycles. The lowest BCUT2D eigenvalue weighted by Gasteiger charge is -2.15. The fourth-order valence-corrected chi connectivity index (χ4v) is 5.45. The number of benzene rings is 3. The quantitative estimate of drug-likeness (QED) is 0.255. The van der Waals surface area contributed by atoms with E-state index in [0.717, 1.165) is 27.3 Å². The zero-order valence-electron chi connectivity index (χ0n) is 19.6. The molecule has 0 spiro atoms. The summed E-state index contributed by atoms with van der Waals surface area (Å²) in [6.45, 7) is 4.24. The van der Waals surface area contributed by atoms with Crippen molar-refractivity contribution in [3.8, 4) is 22.4 Å². The van der Waals surface area contributed by atoms with Crippen molar-refractivity contribution >= 4 is 38.3 Å². The lowest BCUT2D eigenvalue weighted by atomic mass is 10.0. The van der Waals surface area contributed by atoms with Crippen LogP contribution in [0.4, 0.5) is 0 Å². The van der Waals surface area contributed by atoms with Crippen molar-refractivity contribution in [1.29, 1.82) is 5.26 Å². The number of thiophene rings is 1. The van der Waals surface area contributed by atoms with E-state index in [1.807, 2.05) is 49.4 Å². The van der Waals surface area contributed by atoms with E-state index in [1.54, 1.807) is 23.5 Å². The van der Waals surface area contributed by atoms with Crippen LogP contribution >= 0.6 is 11.3 Å². The zero-order chi connectivity index (χ0) is 24.5. The molecule has 0 atom stereocenters. The number of nitriles is 1. The summed E-state index contributed by atoms with van der Waals surface area (Å²) in [6, 6.07) is 23.3. The van der Waals surface area contributed by atoms with Gasteiger partial charge in [0.05, 0.1) is 45.8 Å². The van der Waals surface area contributed by atoms with Crippen LogP contribution in [0, 0.1) is 25.2 Å². The maximum absolute atomic E-state index is 13.0. The molecule has 0 fully saturated rings. The Morgan fingerprint density at radius 1 is 1.06 bits per heavy atom. The Balaban J connectivity index is 1.68. The van der Waals surface area contributed by atoms with E-state index in [0.29, 0.717) is 27.8 Å². The van der Waals surface area contributed by atoms with Crippen LogP contribution in [-0.2, 0) is 11.3 Å². The lowest BCUT2D eigenvalue weighted by Crippen LogP contribution is -2.07. The van der Waals surface area contributed by atoms with Gasteiger partial charge in [-0.25, -0.2) is 9.78 Å². The van der Waals surface area contributed by atoms with Gasteiger partial charge in [-0.1, -0.05) is 42.5 Å². The summed E-state index contributed by atoms with van der Waals surface area (Å²) in [4.78, 5) is 19.0. The van der Waals surface area contributed by atoms with Crippen molar-refractivity contribution in [1.82, 2.24) is 4.98 Å². The number of aryl methyl sites for hydroxylation is 2. The number of ether oxygens (including phenoxy) is 2. The van der Waals surface area contributed by atoms with Crippen molar-refractivity contribution in [2.75, 3.05) is 7.11 Å².